The van der Waals surface area contributed by atoms with E-state index in [-0.39, 0.29) is 36.8 Å². The van der Waals surface area contributed by atoms with Gasteiger partial charge < -0.3 is 9.64 Å². The molecule has 2 heterocycles. The fourth-order valence-electron chi connectivity index (χ4n) is 4.24. The number of hydrogen-bond donors (Lipinski definition) is 0. The van der Waals surface area contributed by atoms with E-state index in [4.69, 9.17) is 9.73 Å². The van der Waals surface area contributed by atoms with Gasteiger partial charge in [-0.15, -0.1) is 11.3 Å². The predicted octanol–water partition coefficient (Wildman–Crippen LogP) is 7.25. The molecule has 0 saturated heterocycles. The number of amidine groups is 1. The predicted molar refractivity (Wildman–Crippen MR) is 127 cm³/mol. The average molecular weight is 527 g/mol. The maximum absolute atomic E-state index is 13.2. The molecule has 0 spiro atoms. The zero-order valence-electron chi connectivity index (χ0n) is 19.3. The summed E-state index contributed by atoms with van der Waals surface area (Å²) in [6.45, 7) is 0.331. The molecule has 0 amide bonds. The van der Waals surface area contributed by atoms with Crippen LogP contribution in [-0.2, 0) is 30.1 Å². The number of likely N-dealkylation sites (N-methyl/N-ethyl adjacent to an activating group) is 1. The van der Waals surface area contributed by atoms with Crippen LogP contribution >= 0.6 is 11.3 Å². The minimum absolute atomic E-state index is 0.120. The normalized spacial score (nSPS) is 18.9. The van der Waals surface area contributed by atoms with Crippen molar-refractivity contribution in [2.75, 3.05) is 20.2 Å². The fraction of sp³-hybridized carbons (Fsp3) is 0.346. The zero-order chi connectivity index (χ0) is 25.9. The molecule has 4 rings (SSSR count). The number of rotatable bonds is 7. The van der Waals surface area contributed by atoms with Gasteiger partial charge in [-0.2, -0.15) is 26.3 Å². The summed E-state index contributed by atoms with van der Waals surface area (Å²) in [5, 5.41) is 2.00. The van der Waals surface area contributed by atoms with Gasteiger partial charge in [0, 0.05) is 30.8 Å². The van der Waals surface area contributed by atoms with Crippen LogP contribution in [-0.4, -0.2) is 30.9 Å². The zero-order valence-corrected chi connectivity index (χ0v) is 20.1. The van der Waals surface area contributed by atoms with Gasteiger partial charge >= 0.3 is 12.4 Å². The maximum Gasteiger partial charge on any atom is 0.416 e. The monoisotopic (exact) mass is 526 g/mol. The molecule has 1 aliphatic heterocycles. The second kappa shape index (κ2) is 10.6. The second-order valence-electron chi connectivity index (χ2n) is 8.73. The highest BCUT2D eigenvalue weighted by Gasteiger charge is 2.37. The molecule has 0 fully saturated rings. The van der Waals surface area contributed by atoms with Crippen molar-refractivity contribution < 1.29 is 31.1 Å². The summed E-state index contributed by atoms with van der Waals surface area (Å²) in [6.07, 6.45) is -9.11. The van der Waals surface area contributed by atoms with Gasteiger partial charge in [-0.25, -0.2) is 0 Å². The molecule has 10 heteroatoms. The van der Waals surface area contributed by atoms with E-state index in [1.165, 1.54) is 4.88 Å². The van der Waals surface area contributed by atoms with Gasteiger partial charge in [0.05, 0.1) is 30.4 Å². The van der Waals surface area contributed by atoms with Gasteiger partial charge in [-0.1, -0.05) is 36.4 Å². The molecule has 3 aromatic rings. The summed E-state index contributed by atoms with van der Waals surface area (Å²) < 4.78 is 84.8. The largest absolute Gasteiger partial charge is 0.416 e. The lowest BCUT2D eigenvalue weighted by molar-refractivity contribution is -0.143. The Kier molecular flexibility index (Phi) is 7.75. The van der Waals surface area contributed by atoms with Crippen LogP contribution in [0.5, 0.6) is 0 Å². The number of benzene rings is 2. The number of alkyl halides is 6. The van der Waals surface area contributed by atoms with Crippen molar-refractivity contribution in [1.82, 2.24) is 4.90 Å². The highest BCUT2D eigenvalue weighted by Crippen LogP contribution is 2.37. The Morgan fingerprint density at radius 1 is 0.944 bits per heavy atom. The molecule has 1 aromatic heterocycles. The third-order valence-electron chi connectivity index (χ3n) is 5.99. The first kappa shape index (κ1) is 26.2. The first-order valence-electron chi connectivity index (χ1n) is 11.2. The number of aliphatic imine (C=N–C) groups is 1. The number of halogens is 6. The van der Waals surface area contributed by atoms with Crippen molar-refractivity contribution in [2.45, 2.75) is 31.4 Å². The van der Waals surface area contributed by atoms with Crippen LogP contribution in [0.15, 0.2) is 71.0 Å². The van der Waals surface area contributed by atoms with Crippen LogP contribution < -0.4 is 0 Å². The molecule has 0 N–H and O–H groups in total. The van der Waals surface area contributed by atoms with E-state index in [2.05, 4.69) is 0 Å². The van der Waals surface area contributed by atoms with Crippen LogP contribution in [0.1, 0.15) is 33.2 Å². The van der Waals surface area contributed by atoms with Crippen LogP contribution in [0.3, 0.4) is 0 Å². The first-order valence-corrected chi connectivity index (χ1v) is 12.1. The molecule has 192 valence electrons. The molecular weight excluding hydrogens is 502 g/mol. The highest BCUT2D eigenvalue weighted by molar-refractivity contribution is 7.10. The fourth-order valence-corrected chi connectivity index (χ4v) is 4.94. The van der Waals surface area contributed by atoms with Crippen LogP contribution in [0.4, 0.5) is 26.3 Å². The maximum atomic E-state index is 13.2. The van der Waals surface area contributed by atoms with E-state index in [0.29, 0.717) is 25.1 Å². The lowest BCUT2D eigenvalue weighted by Gasteiger charge is -2.36. The second-order valence-corrected chi connectivity index (χ2v) is 9.76. The van der Waals surface area contributed by atoms with E-state index in [0.717, 1.165) is 11.4 Å². The standard InChI is InChI=1S/C26H24F6N2OS/c1-34-14-19(16-35-15-17-10-20(25(27,28)29)12-21(11-17)26(30,31)32)24(18-6-3-2-4-7-18)33-23(34)13-22-8-5-9-36-22/h2-12,19,24H,13-16H2,1H3/t19?,24-/m1/s1. The molecular formula is C26H24F6N2OS. The molecule has 0 aliphatic carbocycles. The number of thiophene rings is 1. The molecule has 1 unspecified atom stereocenters. The summed E-state index contributed by atoms with van der Waals surface area (Å²) in [5.41, 5.74) is -1.91. The van der Waals surface area contributed by atoms with Crippen molar-refractivity contribution in [2.24, 2.45) is 10.9 Å². The topological polar surface area (TPSA) is 24.8 Å². The molecule has 3 nitrogen and oxygen atoms in total. The average Bonchev–Trinajstić information content (AvgIpc) is 3.33. The van der Waals surface area contributed by atoms with Crippen LogP contribution in [0, 0.1) is 5.92 Å². The van der Waals surface area contributed by atoms with E-state index in [1.54, 1.807) is 11.3 Å². The minimum atomic E-state index is -4.89. The lowest BCUT2D eigenvalue weighted by atomic mass is 9.91. The van der Waals surface area contributed by atoms with E-state index < -0.39 is 23.5 Å². The SMILES string of the molecule is CN1CC(COCc2cc(C(F)(F)F)cc(C(F)(F)F)c2)[C@@H](c2ccccc2)N=C1Cc1cccs1. The number of nitrogens with zero attached hydrogens (tertiary/aromatic N) is 2. The summed E-state index contributed by atoms with van der Waals surface area (Å²) in [7, 11) is 1.92. The van der Waals surface area contributed by atoms with Crippen molar-refractivity contribution >= 4 is 17.2 Å². The van der Waals surface area contributed by atoms with Gasteiger partial charge in [-0.05, 0) is 40.8 Å². The Hall–Kier alpha value is -2.85. The van der Waals surface area contributed by atoms with E-state index in [9.17, 15) is 26.3 Å². The van der Waals surface area contributed by atoms with Crippen molar-refractivity contribution in [3.8, 4) is 0 Å². The first-order chi connectivity index (χ1) is 17.0. The van der Waals surface area contributed by atoms with Crippen molar-refractivity contribution in [1.29, 1.82) is 0 Å². The van der Waals surface area contributed by atoms with E-state index in [1.807, 2.05) is 59.8 Å². The summed E-state index contributed by atoms with van der Waals surface area (Å²) in [4.78, 5) is 8.18. The lowest BCUT2D eigenvalue weighted by Crippen LogP contribution is -2.41. The quantitative estimate of drug-likeness (QED) is 0.303. The Balaban J connectivity index is 1.52. The molecule has 0 radical (unpaired) electrons. The highest BCUT2D eigenvalue weighted by atomic mass is 32.1. The molecule has 1 aliphatic rings. The Bertz CT molecular complexity index is 1140. The van der Waals surface area contributed by atoms with Gasteiger partial charge in [0.2, 0.25) is 0 Å². The van der Waals surface area contributed by atoms with Gasteiger partial charge in [0.1, 0.15) is 5.84 Å². The van der Waals surface area contributed by atoms with Gasteiger partial charge in [-0.3, -0.25) is 4.99 Å². The van der Waals surface area contributed by atoms with Crippen LogP contribution in [0.2, 0.25) is 0 Å². The number of ether oxygens (including phenoxy) is 1. The Morgan fingerprint density at radius 3 is 2.19 bits per heavy atom. The van der Waals surface area contributed by atoms with Gasteiger partial charge in [0.15, 0.2) is 0 Å². The molecule has 2 atom stereocenters. The van der Waals surface area contributed by atoms with Crippen LogP contribution in [0.25, 0.3) is 0 Å². The molecule has 36 heavy (non-hydrogen) atoms. The smallest absolute Gasteiger partial charge is 0.376 e. The summed E-state index contributed by atoms with van der Waals surface area (Å²) in [6, 6.07) is 14.9. The third kappa shape index (κ3) is 6.47. The minimum Gasteiger partial charge on any atom is -0.376 e. The van der Waals surface area contributed by atoms with Gasteiger partial charge in [0.25, 0.3) is 0 Å². The molecule has 2 aromatic carbocycles. The summed E-state index contributed by atoms with van der Waals surface area (Å²) >= 11 is 1.64. The summed E-state index contributed by atoms with van der Waals surface area (Å²) in [5.74, 6) is 0.771. The molecule has 0 bridgehead atoms. The Labute approximate surface area is 209 Å². The van der Waals surface area contributed by atoms with Crippen molar-refractivity contribution in [3.63, 3.8) is 0 Å². The molecule has 0 saturated carbocycles. The van der Waals surface area contributed by atoms with Crippen molar-refractivity contribution in [3.05, 3.63) is 93.2 Å². The van der Waals surface area contributed by atoms with E-state index >= 15 is 0 Å². The third-order valence-corrected chi connectivity index (χ3v) is 6.86. The Morgan fingerprint density at radius 2 is 1.61 bits per heavy atom. The number of hydrogen-bond acceptors (Lipinski definition) is 4.